The van der Waals surface area contributed by atoms with Crippen LogP contribution in [0, 0.1) is 5.82 Å². The average molecular weight is 415 g/mol. The molecule has 6 heteroatoms. The third-order valence-corrected chi connectivity index (χ3v) is 6.32. The molecule has 0 spiro atoms. The van der Waals surface area contributed by atoms with Gasteiger partial charge in [-0.3, -0.25) is 0 Å². The summed E-state index contributed by atoms with van der Waals surface area (Å²) in [6.45, 7) is 0. The molecule has 0 bridgehead atoms. The lowest BCUT2D eigenvalue weighted by molar-refractivity contribution is 0.411. The summed E-state index contributed by atoms with van der Waals surface area (Å²) in [5.74, 6) is 0.114. The van der Waals surface area contributed by atoms with Crippen LogP contribution in [0.5, 0.6) is 5.75 Å². The zero-order valence-corrected chi connectivity index (χ0v) is 14.0. The van der Waals surface area contributed by atoms with Crippen molar-refractivity contribution in [2.75, 3.05) is 7.11 Å². The molecule has 1 heterocycles. The summed E-state index contributed by atoms with van der Waals surface area (Å²) in [4.78, 5) is 0.875. The molecule has 1 aromatic heterocycles. The van der Waals surface area contributed by atoms with E-state index in [0.717, 1.165) is 13.1 Å². The summed E-state index contributed by atoms with van der Waals surface area (Å²) >= 11 is 14.6. The van der Waals surface area contributed by atoms with Crippen molar-refractivity contribution >= 4 is 54.8 Å². The monoisotopic (exact) mass is 412 g/mol. The highest BCUT2D eigenvalue weighted by Gasteiger charge is 2.19. The second kappa shape index (κ2) is 5.90. The molecular formula is C12H8Br2ClFOS. The molecule has 2 rings (SSSR count). The van der Waals surface area contributed by atoms with Gasteiger partial charge in [0.15, 0.2) is 0 Å². The number of halogens is 4. The maximum atomic E-state index is 13.9. The van der Waals surface area contributed by atoms with E-state index >= 15 is 0 Å². The predicted molar refractivity (Wildman–Crippen MR) is 80.4 cm³/mol. The van der Waals surface area contributed by atoms with Gasteiger partial charge < -0.3 is 4.74 Å². The Balaban J connectivity index is 2.36. The lowest BCUT2D eigenvalue weighted by Gasteiger charge is -2.10. The van der Waals surface area contributed by atoms with Gasteiger partial charge in [-0.25, -0.2) is 4.39 Å². The summed E-state index contributed by atoms with van der Waals surface area (Å²) < 4.78 is 20.7. The van der Waals surface area contributed by atoms with E-state index in [-0.39, 0.29) is 5.82 Å². The highest BCUT2D eigenvalue weighted by Crippen LogP contribution is 2.41. The Morgan fingerprint density at radius 3 is 2.56 bits per heavy atom. The Kier molecular flexibility index (Phi) is 4.69. The molecular weight excluding hydrogens is 406 g/mol. The van der Waals surface area contributed by atoms with Crippen LogP contribution >= 0.6 is 54.8 Å². The molecule has 0 fully saturated rings. The first kappa shape index (κ1) is 14.3. The second-order valence-corrected chi connectivity index (χ2v) is 7.21. The van der Waals surface area contributed by atoms with E-state index in [1.807, 2.05) is 6.07 Å². The van der Waals surface area contributed by atoms with Gasteiger partial charge >= 0.3 is 0 Å². The first-order chi connectivity index (χ1) is 8.52. The molecule has 1 nitrogen and oxygen atoms in total. The summed E-state index contributed by atoms with van der Waals surface area (Å²) in [5.41, 5.74) is 0.443. The zero-order chi connectivity index (χ0) is 13.3. The molecule has 1 aromatic carbocycles. The fourth-order valence-corrected chi connectivity index (χ4v) is 3.94. The maximum Gasteiger partial charge on any atom is 0.131 e. The third-order valence-electron chi connectivity index (χ3n) is 2.39. The molecule has 0 radical (unpaired) electrons. The molecule has 0 saturated carbocycles. The third kappa shape index (κ3) is 2.90. The largest absolute Gasteiger partial charge is 0.497 e. The van der Waals surface area contributed by atoms with Crippen molar-refractivity contribution < 1.29 is 9.13 Å². The van der Waals surface area contributed by atoms with Crippen LogP contribution in [0.1, 0.15) is 15.8 Å². The van der Waals surface area contributed by atoms with Crippen molar-refractivity contribution in [2.24, 2.45) is 0 Å². The number of benzene rings is 1. The van der Waals surface area contributed by atoms with Gasteiger partial charge in [0.2, 0.25) is 0 Å². The van der Waals surface area contributed by atoms with Gasteiger partial charge in [0.25, 0.3) is 0 Å². The summed E-state index contributed by atoms with van der Waals surface area (Å²) in [6.07, 6.45) is 0. The molecule has 18 heavy (non-hydrogen) atoms. The Morgan fingerprint density at radius 2 is 2.06 bits per heavy atom. The van der Waals surface area contributed by atoms with Crippen LogP contribution in [0.15, 0.2) is 32.5 Å². The topological polar surface area (TPSA) is 9.23 Å². The van der Waals surface area contributed by atoms with Crippen LogP contribution in [-0.2, 0) is 0 Å². The minimum absolute atomic E-state index is 0.366. The molecule has 0 saturated heterocycles. The fraction of sp³-hybridized carbons (Fsp3) is 0.167. The Labute approximate surface area is 130 Å². The SMILES string of the molecule is COc1ccc(C(Cl)c2cc(Br)c(Br)s2)c(F)c1. The standard InChI is InChI=1S/C12H8Br2ClFOS/c1-17-6-2-3-7(9(16)4-6)11(15)10-5-8(13)12(14)18-10/h2-5,11H,1H3. The lowest BCUT2D eigenvalue weighted by Crippen LogP contribution is -1.95. The van der Waals surface area contributed by atoms with E-state index in [1.165, 1.54) is 24.5 Å². The van der Waals surface area contributed by atoms with Gasteiger partial charge in [0, 0.05) is 21.0 Å². The van der Waals surface area contributed by atoms with Crippen LogP contribution < -0.4 is 4.74 Å². The maximum absolute atomic E-state index is 13.9. The minimum Gasteiger partial charge on any atom is -0.497 e. The number of thiophene rings is 1. The first-order valence-electron chi connectivity index (χ1n) is 4.95. The van der Waals surface area contributed by atoms with Gasteiger partial charge in [-0.2, -0.15) is 0 Å². The average Bonchev–Trinajstić information content (AvgIpc) is 2.68. The van der Waals surface area contributed by atoms with Crippen molar-refractivity contribution in [3.05, 3.63) is 48.8 Å². The van der Waals surface area contributed by atoms with Crippen molar-refractivity contribution in [2.45, 2.75) is 5.38 Å². The molecule has 1 atom stereocenters. The molecule has 0 amide bonds. The van der Waals surface area contributed by atoms with Crippen LogP contribution in [0.3, 0.4) is 0 Å². The van der Waals surface area contributed by atoms with Gasteiger partial charge in [0.05, 0.1) is 16.3 Å². The molecule has 1 unspecified atom stereocenters. The highest BCUT2D eigenvalue weighted by atomic mass is 79.9. The van der Waals surface area contributed by atoms with Crippen LogP contribution in [0.25, 0.3) is 0 Å². The van der Waals surface area contributed by atoms with Crippen molar-refractivity contribution in [1.29, 1.82) is 0 Å². The number of hydrogen-bond donors (Lipinski definition) is 0. The number of ether oxygens (including phenoxy) is 1. The van der Waals surface area contributed by atoms with Crippen molar-refractivity contribution in [1.82, 2.24) is 0 Å². The zero-order valence-electron chi connectivity index (χ0n) is 9.22. The van der Waals surface area contributed by atoms with Crippen LogP contribution in [0.4, 0.5) is 4.39 Å². The van der Waals surface area contributed by atoms with Crippen molar-refractivity contribution in [3.63, 3.8) is 0 Å². The predicted octanol–water partition coefficient (Wildman–Crippen LogP) is 5.75. The minimum atomic E-state index is -0.511. The van der Waals surface area contributed by atoms with Crippen molar-refractivity contribution in [3.8, 4) is 5.75 Å². The van der Waals surface area contributed by atoms with E-state index < -0.39 is 5.38 Å². The van der Waals surface area contributed by atoms with Gasteiger partial charge in [-0.15, -0.1) is 22.9 Å². The van der Waals surface area contributed by atoms with E-state index in [2.05, 4.69) is 31.9 Å². The molecule has 0 N–H and O–H groups in total. The van der Waals surface area contributed by atoms with Gasteiger partial charge in [-0.1, -0.05) is 6.07 Å². The number of alkyl halides is 1. The summed E-state index contributed by atoms with van der Waals surface area (Å²) in [7, 11) is 1.50. The fourth-order valence-electron chi connectivity index (χ4n) is 1.48. The van der Waals surface area contributed by atoms with E-state index in [4.69, 9.17) is 16.3 Å². The molecule has 0 aliphatic carbocycles. The number of hydrogen-bond acceptors (Lipinski definition) is 2. The van der Waals surface area contributed by atoms with Crippen LogP contribution in [-0.4, -0.2) is 7.11 Å². The Bertz CT molecular complexity index is 554. The van der Waals surface area contributed by atoms with E-state index in [1.54, 1.807) is 12.1 Å². The number of rotatable bonds is 3. The number of methoxy groups -OCH3 is 1. The quantitative estimate of drug-likeness (QED) is 0.581. The molecule has 0 aliphatic heterocycles. The molecule has 96 valence electrons. The first-order valence-corrected chi connectivity index (χ1v) is 7.79. The second-order valence-electron chi connectivity index (χ2n) is 3.52. The van der Waals surface area contributed by atoms with E-state index in [9.17, 15) is 4.39 Å². The Hall–Kier alpha value is -0.100. The van der Waals surface area contributed by atoms with E-state index in [0.29, 0.717) is 11.3 Å². The highest BCUT2D eigenvalue weighted by molar-refractivity contribution is 9.13. The van der Waals surface area contributed by atoms with Gasteiger partial charge in [-0.05, 0) is 44.0 Å². The normalized spacial score (nSPS) is 12.5. The van der Waals surface area contributed by atoms with Gasteiger partial charge in [0.1, 0.15) is 11.6 Å². The molecule has 0 aliphatic rings. The Morgan fingerprint density at radius 1 is 1.33 bits per heavy atom. The summed E-state index contributed by atoms with van der Waals surface area (Å²) in [5, 5.41) is -0.511. The van der Waals surface area contributed by atoms with Crippen LogP contribution in [0.2, 0.25) is 0 Å². The molecule has 2 aromatic rings. The lowest BCUT2D eigenvalue weighted by atomic mass is 10.1. The summed E-state index contributed by atoms with van der Waals surface area (Å²) in [6, 6.07) is 6.57. The smallest absolute Gasteiger partial charge is 0.131 e.